The minimum atomic E-state index is 0.612. The number of aromatic nitrogens is 2. The molecule has 2 aromatic rings. The average Bonchev–Trinajstić information content (AvgIpc) is 2.67. The molecule has 1 aromatic heterocycles. The van der Waals surface area contributed by atoms with E-state index in [0.717, 1.165) is 23.1 Å². The van der Waals surface area contributed by atoms with Crippen LogP contribution < -0.4 is 4.74 Å². The van der Waals surface area contributed by atoms with Gasteiger partial charge in [0.2, 0.25) is 0 Å². The smallest absolute Gasteiger partial charge is 0.150 e. The van der Waals surface area contributed by atoms with Crippen LogP contribution in [0.2, 0.25) is 0 Å². The lowest BCUT2D eigenvalue weighted by Crippen LogP contribution is -1.90. The molecule has 2 rings (SSSR count). The van der Waals surface area contributed by atoms with Crippen molar-refractivity contribution in [2.24, 2.45) is 7.05 Å². The molecule has 0 saturated carbocycles. The first-order valence-corrected chi connectivity index (χ1v) is 5.29. The summed E-state index contributed by atoms with van der Waals surface area (Å²) in [5.41, 5.74) is 3.37. The zero-order valence-electron chi connectivity index (χ0n) is 10.1. The van der Waals surface area contributed by atoms with Crippen LogP contribution in [0.3, 0.4) is 0 Å². The Morgan fingerprint density at radius 3 is 2.65 bits per heavy atom. The molecule has 1 aromatic carbocycles. The molecule has 4 heteroatoms. The van der Waals surface area contributed by atoms with Gasteiger partial charge in [-0.3, -0.25) is 9.48 Å². The Morgan fingerprint density at radius 1 is 1.35 bits per heavy atom. The van der Waals surface area contributed by atoms with Gasteiger partial charge in [-0.25, -0.2) is 0 Å². The molecule has 0 fully saturated rings. The fraction of sp³-hybridized carbons (Fsp3) is 0.231. The molecule has 0 unspecified atom stereocenters. The molecule has 0 amide bonds. The standard InChI is InChI=1S/C13H14N2O2/c1-9-13(7-15(2)14-9)12-5-4-11(17-3)6-10(12)8-16/h4-8H,1-3H3. The zero-order valence-corrected chi connectivity index (χ0v) is 10.1. The number of hydrogen-bond acceptors (Lipinski definition) is 3. The second-order valence-corrected chi connectivity index (χ2v) is 3.87. The highest BCUT2D eigenvalue weighted by atomic mass is 16.5. The zero-order chi connectivity index (χ0) is 12.4. The Balaban J connectivity index is 2.59. The van der Waals surface area contributed by atoms with Gasteiger partial charge >= 0.3 is 0 Å². The van der Waals surface area contributed by atoms with Crippen molar-refractivity contribution in [3.63, 3.8) is 0 Å². The first-order chi connectivity index (χ1) is 8.15. The van der Waals surface area contributed by atoms with Crippen molar-refractivity contribution in [2.45, 2.75) is 6.92 Å². The third-order valence-electron chi connectivity index (χ3n) is 2.69. The van der Waals surface area contributed by atoms with Crippen LogP contribution in [0.1, 0.15) is 16.1 Å². The Labute approximate surface area is 99.8 Å². The van der Waals surface area contributed by atoms with Gasteiger partial charge in [-0.2, -0.15) is 5.10 Å². The highest BCUT2D eigenvalue weighted by Gasteiger charge is 2.11. The van der Waals surface area contributed by atoms with E-state index in [2.05, 4.69) is 5.10 Å². The van der Waals surface area contributed by atoms with Gasteiger partial charge in [0.05, 0.1) is 12.8 Å². The summed E-state index contributed by atoms with van der Waals surface area (Å²) in [4.78, 5) is 11.1. The maximum absolute atomic E-state index is 11.1. The third-order valence-corrected chi connectivity index (χ3v) is 2.69. The van der Waals surface area contributed by atoms with E-state index in [-0.39, 0.29) is 0 Å². The Morgan fingerprint density at radius 2 is 2.12 bits per heavy atom. The largest absolute Gasteiger partial charge is 0.497 e. The molecule has 0 aliphatic rings. The fourth-order valence-corrected chi connectivity index (χ4v) is 1.87. The van der Waals surface area contributed by atoms with Gasteiger partial charge in [-0.15, -0.1) is 0 Å². The highest BCUT2D eigenvalue weighted by molar-refractivity contribution is 5.88. The van der Waals surface area contributed by atoms with Gasteiger partial charge in [-0.1, -0.05) is 0 Å². The van der Waals surface area contributed by atoms with Crippen LogP contribution in [0.4, 0.5) is 0 Å². The number of aldehydes is 1. The topological polar surface area (TPSA) is 44.1 Å². The molecule has 0 aliphatic carbocycles. The van der Waals surface area contributed by atoms with Crippen LogP contribution in [0.5, 0.6) is 5.75 Å². The van der Waals surface area contributed by atoms with Gasteiger partial charge in [0.15, 0.2) is 6.29 Å². The van der Waals surface area contributed by atoms with Crippen molar-refractivity contribution >= 4 is 6.29 Å². The van der Waals surface area contributed by atoms with Gasteiger partial charge in [0.1, 0.15) is 5.75 Å². The van der Waals surface area contributed by atoms with Crippen LogP contribution in [0.25, 0.3) is 11.1 Å². The second-order valence-electron chi connectivity index (χ2n) is 3.87. The quantitative estimate of drug-likeness (QED) is 0.759. The first kappa shape index (κ1) is 11.4. The summed E-state index contributed by atoms with van der Waals surface area (Å²) in [5.74, 6) is 0.678. The Bertz CT molecular complexity index is 559. The van der Waals surface area contributed by atoms with E-state index in [0.29, 0.717) is 11.3 Å². The summed E-state index contributed by atoms with van der Waals surface area (Å²) in [6.07, 6.45) is 2.74. The van der Waals surface area contributed by atoms with E-state index in [9.17, 15) is 4.79 Å². The van der Waals surface area contributed by atoms with Crippen LogP contribution in [0.15, 0.2) is 24.4 Å². The number of nitrogens with zero attached hydrogens (tertiary/aromatic N) is 2. The Hall–Kier alpha value is -2.10. The normalized spacial score (nSPS) is 10.3. The monoisotopic (exact) mass is 230 g/mol. The minimum Gasteiger partial charge on any atom is -0.497 e. The van der Waals surface area contributed by atoms with Gasteiger partial charge in [-0.05, 0) is 30.7 Å². The molecule has 0 bridgehead atoms. The molecule has 0 spiro atoms. The lowest BCUT2D eigenvalue weighted by Gasteiger charge is -2.06. The fourth-order valence-electron chi connectivity index (χ4n) is 1.87. The highest BCUT2D eigenvalue weighted by Crippen LogP contribution is 2.28. The molecule has 0 atom stereocenters. The lowest BCUT2D eigenvalue weighted by atomic mass is 10.0. The summed E-state index contributed by atoms with van der Waals surface area (Å²) in [5, 5.41) is 4.27. The SMILES string of the molecule is COc1ccc(-c2cn(C)nc2C)c(C=O)c1. The number of ether oxygens (including phenoxy) is 1. The van der Waals surface area contributed by atoms with Gasteiger partial charge in [0.25, 0.3) is 0 Å². The molecule has 0 aliphatic heterocycles. The average molecular weight is 230 g/mol. The molecular weight excluding hydrogens is 216 g/mol. The van der Waals surface area contributed by atoms with Crippen LogP contribution in [0, 0.1) is 6.92 Å². The molecule has 88 valence electrons. The number of hydrogen-bond donors (Lipinski definition) is 0. The van der Waals surface area contributed by atoms with Gasteiger partial charge < -0.3 is 4.74 Å². The summed E-state index contributed by atoms with van der Waals surface area (Å²) < 4.78 is 6.84. The van der Waals surface area contributed by atoms with Crippen LogP contribution >= 0.6 is 0 Å². The Kier molecular flexibility index (Phi) is 2.95. The third kappa shape index (κ3) is 2.06. The second kappa shape index (κ2) is 4.41. The predicted octanol–water partition coefficient (Wildman–Crippen LogP) is 2.22. The predicted molar refractivity (Wildman–Crippen MR) is 65.3 cm³/mol. The summed E-state index contributed by atoms with van der Waals surface area (Å²) in [6, 6.07) is 5.45. The lowest BCUT2D eigenvalue weighted by molar-refractivity contribution is 0.112. The maximum atomic E-state index is 11.1. The number of rotatable bonds is 3. The van der Waals surface area contributed by atoms with E-state index in [1.807, 2.05) is 32.3 Å². The minimum absolute atomic E-state index is 0.612. The van der Waals surface area contributed by atoms with E-state index in [1.165, 1.54) is 0 Å². The molecular formula is C13H14N2O2. The molecule has 1 heterocycles. The van der Waals surface area contributed by atoms with Crippen molar-refractivity contribution in [1.29, 1.82) is 0 Å². The molecule has 17 heavy (non-hydrogen) atoms. The van der Waals surface area contributed by atoms with Crippen LogP contribution in [-0.4, -0.2) is 23.2 Å². The number of methoxy groups -OCH3 is 1. The van der Waals surface area contributed by atoms with Crippen molar-refractivity contribution in [3.8, 4) is 16.9 Å². The summed E-state index contributed by atoms with van der Waals surface area (Å²) in [7, 11) is 3.44. The van der Waals surface area contributed by atoms with E-state index in [4.69, 9.17) is 4.74 Å². The molecule has 4 nitrogen and oxygen atoms in total. The van der Waals surface area contributed by atoms with E-state index < -0.39 is 0 Å². The van der Waals surface area contributed by atoms with E-state index in [1.54, 1.807) is 17.9 Å². The van der Waals surface area contributed by atoms with Crippen molar-refractivity contribution in [1.82, 2.24) is 9.78 Å². The van der Waals surface area contributed by atoms with E-state index >= 15 is 0 Å². The maximum Gasteiger partial charge on any atom is 0.150 e. The molecule has 0 saturated heterocycles. The van der Waals surface area contributed by atoms with Crippen molar-refractivity contribution in [2.75, 3.05) is 7.11 Å². The van der Waals surface area contributed by atoms with Crippen molar-refractivity contribution < 1.29 is 9.53 Å². The van der Waals surface area contributed by atoms with Crippen molar-refractivity contribution in [3.05, 3.63) is 35.7 Å². The number of carbonyl (C=O) groups is 1. The summed E-state index contributed by atoms with van der Waals surface area (Å²) >= 11 is 0. The number of benzene rings is 1. The molecule has 0 radical (unpaired) electrons. The first-order valence-electron chi connectivity index (χ1n) is 5.29. The van der Waals surface area contributed by atoms with Crippen LogP contribution in [-0.2, 0) is 7.05 Å². The molecule has 0 N–H and O–H groups in total. The van der Waals surface area contributed by atoms with Gasteiger partial charge in [0, 0.05) is 24.4 Å². The summed E-state index contributed by atoms with van der Waals surface area (Å²) in [6.45, 7) is 1.92. The number of carbonyl (C=O) groups excluding carboxylic acids is 1. The number of aryl methyl sites for hydroxylation is 2.